The molecule has 2 aromatic carbocycles. The van der Waals surface area contributed by atoms with E-state index in [9.17, 15) is 18.8 Å². The van der Waals surface area contributed by atoms with Gasteiger partial charge >= 0.3 is 0 Å². The van der Waals surface area contributed by atoms with E-state index >= 15 is 0 Å². The molecule has 1 unspecified atom stereocenters. The summed E-state index contributed by atoms with van der Waals surface area (Å²) < 4.78 is 19.0. The molecule has 0 saturated carbocycles. The number of anilines is 4. The highest BCUT2D eigenvalue weighted by molar-refractivity contribution is 6.05. The number of halogens is 1. The van der Waals surface area contributed by atoms with Gasteiger partial charge in [-0.1, -0.05) is 38.1 Å². The van der Waals surface area contributed by atoms with Crippen molar-refractivity contribution in [3.05, 3.63) is 94.7 Å². The molecule has 1 atom stereocenters. The number of aromatic nitrogens is 1. The third-order valence-electron chi connectivity index (χ3n) is 12.0. The minimum absolute atomic E-state index is 0.218. The summed E-state index contributed by atoms with van der Waals surface area (Å²) >= 11 is 0. The van der Waals surface area contributed by atoms with Crippen molar-refractivity contribution in [1.82, 2.24) is 20.1 Å². The van der Waals surface area contributed by atoms with Crippen molar-refractivity contribution in [2.24, 2.45) is 4.99 Å². The van der Waals surface area contributed by atoms with E-state index in [4.69, 9.17) is 9.73 Å². The summed E-state index contributed by atoms with van der Waals surface area (Å²) in [6, 6.07) is 13.1. The second-order valence-electron chi connectivity index (χ2n) is 16.0. The summed E-state index contributed by atoms with van der Waals surface area (Å²) in [6.45, 7) is 15.0. The number of piperazine rings is 1. The van der Waals surface area contributed by atoms with Gasteiger partial charge in [0.1, 0.15) is 30.0 Å². The quantitative estimate of drug-likeness (QED) is 0.171. The van der Waals surface area contributed by atoms with Gasteiger partial charge < -0.3 is 30.5 Å². The zero-order valence-corrected chi connectivity index (χ0v) is 35.3. The summed E-state index contributed by atoms with van der Waals surface area (Å²) in [7, 11) is 0. The van der Waals surface area contributed by atoms with E-state index in [1.165, 1.54) is 30.0 Å². The van der Waals surface area contributed by atoms with Crippen LogP contribution in [0.4, 0.5) is 27.1 Å². The van der Waals surface area contributed by atoms with Gasteiger partial charge in [0.2, 0.25) is 23.6 Å². The number of fused-ring (bicyclic) bond motifs is 2. The first-order valence-corrected chi connectivity index (χ1v) is 21.4. The number of piperidine rings is 2. The zero-order valence-electron chi connectivity index (χ0n) is 35.3. The van der Waals surface area contributed by atoms with Crippen molar-refractivity contribution in [2.75, 3.05) is 73.3 Å². The van der Waals surface area contributed by atoms with E-state index < -0.39 is 6.04 Å². The van der Waals surface area contributed by atoms with Gasteiger partial charge in [0.15, 0.2) is 0 Å². The summed E-state index contributed by atoms with van der Waals surface area (Å²) in [5, 5.41) is 12.1. The number of pyridine rings is 1. The van der Waals surface area contributed by atoms with Gasteiger partial charge in [-0.2, -0.15) is 0 Å². The molecule has 8 rings (SSSR count). The Morgan fingerprint density at radius 3 is 2.48 bits per heavy atom. The minimum Gasteiger partial charge on any atom is -0.474 e. The number of aryl methyl sites for hydroxylation is 1. The molecule has 4 N–H and O–H groups in total. The second-order valence-corrected chi connectivity index (χ2v) is 16.0. The van der Waals surface area contributed by atoms with Crippen molar-refractivity contribution in [1.29, 1.82) is 0 Å². The van der Waals surface area contributed by atoms with E-state index in [1.807, 2.05) is 11.1 Å². The molecule has 0 spiro atoms. The van der Waals surface area contributed by atoms with Crippen LogP contribution in [0.25, 0.3) is 0 Å². The third kappa shape index (κ3) is 10.3. The molecule has 318 valence electrons. The molecule has 3 saturated heterocycles. The van der Waals surface area contributed by atoms with Crippen LogP contribution >= 0.6 is 0 Å². The number of hydrogen-bond acceptors (Lipinski definition) is 11. The number of imide groups is 1. The minimum atomic E-state index is -0.477. The van der Waals surface area contributed by atoms with E-state index in [1.54, 1.807) is 19.1 Å². The van der Waals surface area contributed by atoms with Crippen molar-refractivity contribution < 1.29 is 23.5 Å². The standard InChI is InChI=1S/C34H45N7O2.C12H13FN2O2/c1-4-28(5-2)39-16-18-40(19-17-39)32(42)21-25-9-11-27(12-10-25)37-31-8-6-7-26-13-15-41(23-29(26)38-31)30-22-36-34-33(24(30)3)35-14-20-43-34;1-7-2-3-8(6-9(7)13)14-10-4-5-11(16)15-12(10)17/h7-12,22,28,35,37H,4-6,13-21,23H2,1-3H3;2-3,6,10,14H,4-5H2,1H3,(H,15,16,17). The van der Waals surface area contributed by atoms with Crippen molar-refractivity contribution in [3.8, 4) is 5.88 Å². The lowest BCUT2D eigenvalue weighted by Gasteiger charge is -2.39. The molecular weight excluding hydrogens is 762 g/mol. The van der Waals surface area contributed by atoms with E-state index in [-0.39, 0.29) is 23.5 Å². The van der Waals surface area contributed by atoms with Gasteiger partial charge in [-0.3, -0.25) is 24.6 Å². The fourth-order valence-corrected chi connectivity index (χ4v) is 8.40. The number of aliphatic imine (C=N–C) groups is 1. The Kier molecular flexibility index (Phi) is 13.8. The lowest BCUT2D eigenvalue weighted by atomic mass is 9.99. The SMILES string of the molecule is CCC(CC)N1CCN(C(=O)Cc2ccc(NC3=CCC=C4CCN(c5cnc6c(c5C)NCCO6)CC4=N3)cc2)CC1.Cc1ccc(NC2CCC(=O)NC2=O)cc1F. The van der Waals surface area contributed by atoms with Crippen molar-refractivity contribution >= 4 is 46.2 Å². The Labute approximate surface area is 352 Å². The topological polar surface area (TPSA) is 144 Å². The fraction of sp³-hybridized carbons (Fsp3) is 0.457. The highest BCUT2D eigenvalue weighted by Gasteiger charge is 2.28. The summed E-state index contributed by atoms with van der Waals surface area (Å²) in [6.07, 6.45) is 11.7. The van der Waals surface area contributed by atoms with Gasteiger partial charge in [-0.25, -0.2) is 14.4 Å². The van der Waals surface area contributed by atoms with E-state index in [0.29, 0.717) is 49.0 Å². The first-order chi connectivity index (χ1) is 29.1. The highest BCUT2D eigenvalue weighted by Crippen LogP contribution is 2.36. The predicted molar refractivity (Wildman–Crippen MR) is 235 cm³/mol. The van der Waals surface area contributed by atoms with Gasteiger partial charge in [-0.15, -0.1) is 0 Å². The van der Waals surface area contributed by atoms with Gasteiger partial charge in [0.25, 0.3) is 0 Å². The van der Waals surface area contributed by atoms with Crippen LogP contribution in [-0.4, -0.2) is 103 Å². The number of nitrogens with one attached hydrogen (secondary N) is 4. The number of nitrogens with zero attached hydrogens (tertiary/aromatic N) is 5. The Bertz CT molecular complexity index is 2140. The number of rotatable bonds is 10. The lowest BCUT2D eigenvalue weighted by molar-refractivity contribution is -0.134. The molecule has 14 heteroatoms. The van der Waals surface area contributed by atoms with E-state index in [0.717, 1.165) is 92.8 Å². The van der Waals surface area contributed by atoms with Crippen LogP contribution in [0.1, 0.15) is 69.1 Å². The summed E-state index contributed by atoms with van der Waals surface area (Å²) in [5.41, 5.74) is 8.82. The molecule has 60 heavy (non-hydrogen) atoms. The molecule has 6 heterocycles. The van der Waals surface area contributed by atoms with Gasteiger partial charge in [0.05, 0.1) is 30.6 Å². The predicted octanol–water partition coefficient (Wildman–Crippen LogP) is 6.36. The van der Waals surface area contributed by atoms with Gasteiger partial charge in [0, 0.05) is 68.7 Å². The number of benzene rings is 2. The normalized spacial score (nSPS) is 19.2. The average Bonchev–Trinajstić information content (AvgIpc) is 3.46. The maximum atomic E-state index is 13.3. The first kappa shape index (κ1) is 42.4. The number of carbonyl (C=O) groups excluding carboxylic acids is 3. The number of ether oxygens (including phenoxy) is 1. The van der Waals surface area contributed by atoms with Crippen LogP contribution in [0.5, 0.6) is 5.88 Å². The maximum Gasteiger partial charge on any atom is 0.249 e. The molecule has 3 amide bonds. The molecule has 1 aromatic heterocycles. The summed E-state index contributed by atoms with van der Waals surface area (Å²) in [4.78, 5) is 52.0. The monoisotopic (exact) mass is 819 g/mol. The zero-order chi connectivity index (χ0) is 42.2. The van der Waals surface area contributed by atoms with Crippen LogP contribution in [0.2, 0.25) is 0 Å². The lowest BCUT2D eigenvalue weighted by Crippen LogP contribution is -2.52. The Morgan fingerprint density at radius 2 is 1.75 bits per heavy atom. The van der Waals surface area contributed by atoms with Crippen LogP contribution in [0.15, 0.2) is 77.2 Å². The Hall–Kier alpha value is -5.76. The van der Waals surface area contributed by atoms with Crippen LogP contribution in [0, 0.1) is 19.7 Å². The third-order valence-corrected chi connectivity index (χ3v) is 12.0. The molecule has 0 bridgehead atoms. The molecule has 0 radical (unpaired) electrons. The number of amides is 3. The van der Waals surface area contributed by atoms with Crippen LogP contribution in [0.3, 0.4) is 0 Å². The fourth-order valence-electron chi connectivity index (χ4n) is 8.40. The number of carbonyl (C=O) groups is 3. The highest BCUT2D eigenvalue weighted by atomic mass is 19.1. The Balaban J connectivity index is 0.000000267. The molecule has 5 aliphatic rings. The van der Waals surface area contributed by atoms with E-state index in [2.05, 4.69) is 93.2 Å². The molecule has 5 aliphatic heterocycles. The number of hydrogen-bond donors (Lipinski definition) is 4. The molecular formula is C46H58FN9O4. The second kappa shape index (κ2) is 19.5. The molecule has 0 aliphatic carbocycles. The largest absolute Gasteiger partial charge is 0.474 e. The van der Waals surface area contributed by atoms with Crippen LogP contribution in [-0.2, 0) is 20.8 Å². The van der Waals surface area contributed by atoms with Gasteiger partial charge in [-0.05, 0) is 93.0 Å². The first-order valence-electron chi connectivity index (χ1n) is 21.4. The average molecular weight is 820 g/mol. The van der Waals surface area contributed by atoms with Crippen LogP contribution < -0.4 is 30.9 Å². The van der Waals surface area contributed by atoms with Crippen molar-refractivity contribution in [3.63, 3.8) is 0 Å². The summed E-state index contributed by atoms with van der Waals surface area (Å²) in [5.74, 6) is 0.832. The smallest absolute Gasteiger partial charge is 0.249 e. The maximum absolute atomic E-state index is 13.3. The number of allylic oxidation sites excluding steroid dienone is 2. The van der Waals surface area contributed by atoms with Crippen molar-refractivity contribution in [2.45, 2.75) is 84.7 Å². The molecule has 3 aromatic rings. The molecule has 3 fully saturated rings. The Morgan fingerprint density at radius 1 is 0.983 bits per heavy atom. The molecule has 13 nitrogen and oxygen atoms in total.